The lowest BCUT2D eigenvalue weighted by Crippen LogP contribution is -2.46. The van der Waals surface area contributed by atoms with Crippen molar-refractivity contribution in [2.75, 3.05) is 31.6 Å². The highest BCUT2D eigenvalue weighted by Crippen LogP contribution is 2.23. The highest BCUT2D eigenvalue weighted by Gasteiger charge is 2.31. The molecular formula is C19H23N3O3S. The largest absolute Gasteiger partial charge is 0.493 e. The zero-order chi connectivity index (χ0) is 18.4. The predicted molar refractivity (Wildman–Crippen MR) is 101 cm³/mol. The molecule has 1 fully saturated rings. The highest BCUT2D eigenvalue weighted by molar-refractivity contribution is 7.13. The molecule has 1 unspecified atom stereocenters. The Labute approximate surface area is 157 Å². The van der Waals surface area contributed by atoms with Crippen LogP contribution in [0, 0.1) is 5.92 Å². The average molecular weight is 373 g/mol. The highest BCUT2D eigenvalue weighted by atomic mass is 32.1. The van der Waals surface area contributed by atoms with E-state index in [1.165, 1.54) is 11.3 Å². The Morgan fingerprint density at radius 3 is 2.88 bits per heavy atom. The molecule has 0 N–H and O–H groups in total. The predicted octanol–water partition coefficient (Wildman–Crippen LogP) is 2.81. The van der Waals surface area contributed by atoms with Crippen LogP contribution in [0.4, 0.5) is 5.13 Å². The number of carbonyl (C=O) groups is 2. The first-order valence-corrected chi connectivity index (χ1v) is 9.66. The Hall–Kier alpha value is -2.41. The van der Waals surface area contributed by atoms with Crippen LogP contribution in [-0.2, 0) is 9.59 Å². The molecule has 1 saturated heterocycles. The second-order valence-electron chi connectivity index (χ2n) is 6.30. The molecule has 2 aromatic rings. The van der Waals surface area contributed by atoms with Gasteiger partial charge in [-0.05, 0) is 25.0 Å². The number of rotatable bonds is 6. The SMILES string of the molecule is CN(C(=O)C1CCCN(C(=O)CCOc2ccccc2)C1)c1nccs1. The van der Waals surface area contributed by atoms with Crippen LogP contribution in [0.5, 0.6) is 5.75 Å². The number of para-hydroxylation sites is 1. The number of hydrogen-bond donors (Lipinski definition) is 0. The molecule has 0 radical (unpaired) electrons. The van der Waals surface area contributed by atoms with Crippen molar-refractivity contribution in [2.45, 2.75) is 19.3 Å². The normalized spacial score (nSPS) is 17.0. The van der Waals surface area contributed by atoms with Crippen molar-refractivity contribution in [2.24, 2.45) is 5.92 Å². The van der Waals surface area contributed by atoms with E-state index in [-0.39, 0.29) is 17.7 Å². The molecule has 2 heterocycles. The Morgan fingerprint density at radius 1 is 1.35 bits per heavy atom. The third-order valence-electron chi connectivity index (χ3n) is 4.49. The molecule has 3 rings (SSSR count). The zero-order valence-electron chi connectivity index (χ0n) is 14.8. The van der Waals surface area contributed by atoms with Gasteiger partial charge in [-0.3, -0.25) is 14.5 Å². The maximum Gasteiger partial charge on any atom is 0.233 e. The average Bonchev–Trinajstić information content (AvgIpc) is 3.22. The van der Waals surface area contributed by atoms with Crippen LogP contribution in [0.3, 0.4) is 0 Å². The maximum absolute atomic E-state index is 12.7. The number of amides is 2. The lowest BCUT2D eigenvalue weighted by Gasteiger charge is -2.33. The maximum atomic E-state index is 12.7. The lowest BCUT2D eigenvalue weighted by molar-refractivity contribution is -0.135. The van der Waals surface area contributed by atoms with Crippen molar-refractivity contribution < 1.29 is 14.3 Å². The standard InChI is InChI=1S/C19H23N3O3S/c1-21(19-20-10-13-26-19)18(24)15-6-5-11-22(14-15)17(23)9-12-25-16-7-3-2-4-8-16/h2-4,7-8,10,13,15H,5-6,9,11-12,14H2,1H3. The van der Waals surface area contributed by atoms with Gasteiger partial charge >= 0.3 is 0 Å². The van der Waals surface area contributed by atoms with Gasteiger partial charge in [-0.15, -0.1) is 11.3 Å². The summed E-state index contributed by atoms with van der Waals surface area (Å²) in [6.07, 6.45) is 3.65. The molecule has 2 amide bonds. The molecule has 1 aliphatic heterocycles. The quantitative estimate of drug-likeness (QED) is 0.781. The number of aromatic nitrogens is 1. The number of ether oxygens (including phenoxy) is 1. The molecule has 0 spiro atoms. The molecule has 26 heavy (non-hydrogen) atoms. The van der Waals surface area contributed by atoms with Crippen LogP contribution in [-0.4, -0.2) is 48.4 Å². The number of likely N-dealkylation sites (tertiary alicyclic amines) is 1. The first kappa shape index (κ1) is 18.4. The number of thiazole rings is 1. The van der Waals surface area contributed by atoms with E-state index >= 15 is 0 Å². The molecule has 0 saturated carbocycles. The van der Waals surface area contributed by atoms with E-state index in [0.717, 1.165) is 18.6 Å². The van der Waals surface area contributed by atoms with Gasteiger partial charge in [0.25, 0.3) is 0 Å². The fraction of sp³-hybridized carbons (Fsp3) is 0.421. The van der Waals surface area contributed by atoms with Crippen molar-refractivity contribution in [1.82, 2.24) is 9.88 Å². The third-order valence-corrected chi connectivity index (χ3v) is 5.34. The van der Waals surface area contributed by atoms with Crippen molar-refractivity contribution in [3.05, 3.63) is 41.9 Å². The van der Waals surface area contributed by atoms with Crippen molar-refractivity contribution in [3.63, 3.8) is 0 Å². The Morgan fingerprint density at radius 2 is 2.15 bits per heavy atom. The van der Waals surface area contributed by atoms with Gasteiger partial charge in [0.15, 0.2) is 5.13 Å². The van der Waals surface area contributed by atoms with Gasteiger partial charge in [0.1, 0.15) is 5.75 Å². The van der Waals surface area contributed by atoms with Crippen LogP contribution in [0.25, 0.3) is 0 Å². The van der Waals surface area contributed by atoms with E-state index in [1.807, 2.05) is 35.7 Å². The van der Waals surface area contributed by atoms with Gasteiger partial charge < -0.3 is 9.64 Å². The van der Waals surface area contributed by atoms with E-state index in [4.69, 9.17) is 4.74 Å². The van der Waals surface area contributed by atoms with Crippen molar-refractivity contribution in [1.29, 1.82) is 0 Å². The minimum atomic E-state index is -0.170. The fourth-order valence-corrected chi connectivity index (χ4v) is 3.70. The number of nitrogens with zero attached hydrogens (tertiary/aromatic N) is 3. The molecule has 7 heteroatoms. The van der Waals surface area contributed by atoms with Gasteiger partial charge in [-0.25, -0.2) is 4.98 Å². The van der Waals surface area contributed by atoms with Crippen molar-refractivity contribution in [3.8, 4) is 5.75 Å². The molecule has 138 valence electrons. The first-order chi connectivity index (χ1) is 12.6. The summed E-state index contributed by atoms with van der Waals surface area (Å²) in [5.41, 5.74) is 0. The first-order valence-electron chi connectivity index (χ1n) is 8.78. The number of benzene rings is 1. The van der Waals surface area contributed by atoms with Gasteiger partial charge in [-0.2, -0.15) is 0 Å². The number of anilines is 1. The second-order valence-corrected chi connectivity index (χ2v) is 7.18. The summed E-state index contributed by atoms with van der Waals surface area (Å²) in [6, 6.07) is 9.46. The molecule has 1 aromatic heterocycles. The number of piperidine rings is 1. The van der Waals surface area contributed by atoms with Gasteiger partial charge in [0.05, 0.1) is 18.9 Å². The lowest BCUT2D eigenvalue weighted by atomic mass is 9.96. The van der Waals surface area contributed by atoms with Crippen LogP contribution >= 0.6 is 11.3 Å². The summed E-state index contributed by atoms with van der Waals surface area (Å²) in [5.74, 6) is 0.655. The van der Waals surface area contributed by atoms with E-state index in [1.54, 1.807) is 23.0 Å². The topological polar surface area (TPSA) is 62.7 Å². The van der Waals surface area contributed by atoms with Crippen LogP contribution in [0.2, 0.25) is 0 Å². The molecule has 6 nitrogen and oxygen atoms in total. The van der Waals surface area contributed by atoms with E-state index < -0.39 is 0 Å². The summed E-state index contributed by atoms with van der Waals surface area (Å²) < 4.78 is 5.60. The van der Waals surface area contributed by atoms with Gasteiger partial charge in [0.2, 0.25) is 11.8 Å². The summed E-state index contributed by atoms with van der Waals surface area (Å²) in [6.45, 7) is 1.52. The minimum Gasteiger partial charge on any atom is -0.493 e. The van der Waals surface area contributed by atoms with E-state index in [9.17, 15) is 9.59 Å². The minimum absolute atomic E-state index is 0.0259. The monoisotopic (exact) mass is 373 g/mol. The Balaban J connectivity index is 1.49. The van der Waals surface area contributed by atoms with E-state index in [2.05, 4.69) is 4.98 Å². The Kier molecular flexibility index (Phi) is 6.22. The fourth-order valence-electron chi connectivity index (χ4n) is 3.09. The third kappa shape index (κ3) is 4.60. The van der Waals surface area contributed by atoms with Crippen LogP contribution in [0.15, 0.2) is 41.9 Å². The molecular weight excluding hydrogens is 350 g/mol. The molecule has 1 atom stereocenters. The van der Waals surface area contributed by atoms with Gasteiger partial charge in [-0.1, -0.05) is 18.2 Å². The molecule has 1 aromatic carbocycles. The van der Waals surface area contributed by atoms with Crippen LogP contribution < -0.4 is 9.64 Å². The summed E-state index contributed by atoms with van der Waals surface area (Å²) in [7, 11) is 1.75. The molecule has 1 aliphatic rings. The Bertz CT molecular complexity index is 721. The van der Waals surface area contributed by atoms with Gasteiger partial charge in [0, 0.05) is 31.7 Å². The molecule has 0 aliphatic carbocycles. The molecule has 0 bridgehead atoms. The van der Waals surface area contributed by atoms with Crippen LogP contribution in [0.1, 0.15) is 19.3 Å². The number of carbonyl (C=O) groups excluding carboxylic acids is 2. The smallest absolute Gasteiger partial charge is 0.233 e. The van der Waals surface area contributed by atoms with E-state index in [0.29, 0.717) is 31.2 Å². The summed E-state index contributed by atoms with van der Waals surface area (Å²) >= 11 is 1.44. The zero-order valence-corrected chi connectivity index (χ0v) is 15.7. The number of hydrogen-bond acceptors (Lipinski definition) is 5. The second kappa shape index (κ2) is 8.80. The summed E-state index contributed by atoms with van der Waals surface area (Å²) in [4.78, 5) is 32.7. The van der Waals surface area contributed by atoms with Crippen molar-refractivity contribution >= 4 is 28.3 Å². The summed E-state index contributed by atoms with van der Waals surface area (Å²) in [5, 5.41) is 2.54.